The number of carboxylic acids is 1. The molecule has 18 heavy (non-hydrogen) atoms. The molecule has 94 valence electrons. The van der Waals surface area contributed by atoms with Crippen LogP contribution in [0.5, 0.6) is 0 Å². The van der Waals surface area contributed by atoms with Crippen molar-refractivity contribution >= 4 is 16.9 Å². The molecule has 0 bridgehead atoms. The van der Waals surface area contributed by atoms with Crippen LogP contribution in [0.2, 0.25) is 0 Å². The zero-order valence-corrected chi connectivity index (χ0v) is 10.3. The second-order valence-electron chi connectivity index (χ2n) is 5.07. The highest BCUT2D eigenvalue weighted by Crippen LogP contribution is 2.42. The Morgan fingerprint density at radius 1 is 1.39 bits per heavy atom. The van der Waals surface area contributed by atoms with Crippen molar-refractivity contribution in [3.05, 3.63) is 29.5 Å². The Morgan fingerprint density at radius 2 is 2.11 bits per heavy atom. The van der Waals surface area contributed by atoms with Crippen LogP contribution in [-0.4, -0.2) is 16.2 Å². The lowest BCUT2D eigenvalue weighted by molar-refractivity contribution is -0.143. The Hall–Kier alpha value is -1.84. The minimum atomic E-state index is -0.714. The van der Waals surface area contributed by atoms with Crippen LogP contribution in [0.3, 0.4) is 0 Å². The molecule has 0 spiro atoms. The first-order valence-electron chi connectivity index (χ1n) is 6.23. The van der Waals surface area contributed by atoms with Crippen LogP contribution in [0, 0.1) is 6.92 Å². The van der Waals surface area contributed by atoms with Gasteiger partial charge in [-0.05, 0) is 37.5 Å². The average Bonchev–Trinajstić information content (AvgIpc) is 2.97. The van der Waals surface area contributed by atoms with Crippen molar-refractivity contribution in [3.63, 3.8) is 0 Å². The quantitative estimate of drug-likeness (QED) is 0.883. The van der Waals surface area contributed by atoms with Crippen molar-refractivity contribution < 1.29 is 14.4 Å². The summed E-state index contributed by atoms with van der Waals surface area (Å²) in [5, 5.41) is 14.4. The van der Waals surface area contributed by atoms with Crippen molar-refractivity contribution in [2.45, 2.75) is 38.0 Å². The summed E-state index contributed by atoms with van der Waals surface area (Å²) >= 11 is 0. The highest BCUT2D eigenvalue weighted by atomic mass is 16.5. The maximum atomic E-state index is 11.6. The summed E-state index contributed by atoms with van der Waals surface area (Å²) < 4.78 is 5.16. The highest BCUT2D eigenvalue weighted by molar-refractivity contribution is 5.86. The smallest absolute Gasteiger partial charge is 0.314 e. The number of fused-ring (bicyclic) bond motifs is 1. The molecule has 1 fully saturated rings. The molecule has 1 saturated carbocycles. The third-order valence-electron chi connectivity index (χ3n) is 4.07. The Balaban J connectivity index is 2.17. The predicted molar refractivity (Wildman–Crippen MR) is 66.5 cm³/mol. The topological polar surface area (TPSA) is 63.3 Å². The molecule has 0 aliphatic heterocycles. The van der Waals surface area contributed by atoms with Gasteiger partial charge in [0.2, 0.25) is 0 Å². The Labute approximate surface area is 105 Å². The molecule has 0 atom stereocenters. The first kappa shape index (κ1) is 11.3. The summed E-state index contributed by atoms with van der Waals surface area (Å²) in [5.41, 5.74) is 1.70. The van der Waals surface area contributed by atoms with E-state index in [0.29, 0.717) is 0 Å². The van der Waals surface area contributed by atoms with E-state index in [-0.39, 0.29) is 0 Å². The van der Waals surface area contributed by atoms with E-state index in [1.807, 2.05) is 25.1 Å². The fourth-order valence-electron chi connectivity index (χ4n) is 2.96. The molecule has 1 N–H and O–H groups in total. The summed E-state index contributed by atoms with van der Waals surface area (Å²) in [6.45, 7) is 1.87. The van der Waals surface area contributed by atoms with Crippen molar-refractivity contribution in [3.8, 4) is 0 Å². The molecule has 0 saturated heterocycles. The lowest BCUT2D eigenvalue weighted by Crippen LogP contribution is -2.32. The third kappa shape index (κ3) is 1.45. The molecular formula is C14H15NO3. The Kier molecular flexibility index (Phi) is 2.40. The van der Waals surface area contributed by atoms with Gasteiger partial charge < -0.3 is 9.63 Å². The Bertz CT molecular complexity index is 609. The second kappa shape index (κ2) is 3.83. The molecule has 1 aromatic heterocycles. The van der Waals surface area contributed by atoms with E-state index in [1.165, 1.54) is 0 Å². The molecule has 0 unspecified atom stereocenters. The van der Waals surface area contributed by atoms with E-state index >= 15 is 0 Å². The van der Waals surface area contributed by atoms with Gasteiger partial charge in [-0.1, -0.05) is 24.1 Å². The zero-order chi connectivity index (χ0) is 12.8. The normalized spacial score (nSPS) is 18.3. The van der Waals surface area contributed by atoms with E-state index < -0.39 is 11.4 Å². The van der Waals surface area contributed by atoms with E-state index in [4.69, 9.17) is 4.52 Å². The van der Waals surface area contributed by atoms with E-state index in [1.54, 1.807) is 0 Å². The first-order chi connectivity index (χ1) is 8.63. The van der Waals surface area contributed by atoms with Crippen LogP contribution in [0.15, 0.2) is 22.7 Å². The number of hydrogen-bond donors (Lipinski definition) is 1. The lowest BCUT2D eigenvalue weighted by atomic mass is 9.78. The molecule has 3 rings (SSSR count). The summed E-state index contributed by atoms with van der Waals surface area (Å²) in [6, 6.07) is 5.63. The minimum Gasteiger partial charge on any atom is -0.481 e. The fourth-order valence-corrected chi connectivity index (χ4v) is 2.96. The van der Waals surface area contributed by atoms with Gasteiger partial charge in [-0.15, -0.1) is 0 Å². The second-order valence-corrected chi connectivity index (χ2v) is 5.07. The highest BCUT2D eigenvalue weighted by Gasteiger charge is 2.43. The SMILES string of the molecule is Cc1noc2ccc(C3(C(=O)O)CCCC3)cc12. The van der Waals surface area contributed by atoms with Crippen molar-refractivity contribution in [1.29, 1.82) is 0 Å². The summed E-state index contributed by atoms with van der Waals surface area (Å²) in [6.07, 6.45) is 3.40. The maximum absolute atomic E-state index is 11.6. The number of aliphatic carboxylic acids is 1. The van der Waals surface area contributed by atoms with Gasteiger partial charge in [0.15, 0.2) is 5.58 Å². The van der Waals surface area contributed by atoms with Crippen LogP contribution in [0.4, 0.5) is 0 Å². The van der Waals surface area contributed by atoms with Crippen LogP contribution in [-0.2, 0) is 10.2 Å². The van der Waals surface area contributed by atoms with Gasteiger partial charge in [-0.2, -0.15) is 0 Å². The van der Waals surface area contributed by atoms with Gasteiger partial charge in [-0.3, -0.25) is 4.79 Å². The van der Waals surface area contributed by atoms with Gasteiger partial charge in [0.25, 0.3) is 0 Å². The molecular weight excluding hydrogens is 230 g/mol. The van der Waals surface area contributed by atoms with Crippen LogP contribution >= 0.6 is 0 Å². The van der Waals surface area contributed by atoms with Crippen molar-refractivity contribution in [2.24, 2.45) is 0 Å². The van der Waals surface area contributed by atoms with Gasteiger partial charge >= 0.3 is 5.97 Å². The van der Waals surface area contributed by atoms with Crippen LogP contribution in [0.1, 0.15) is 36.9 Å². The third-order valence-corrected chi connectivity index (χ3v) is 4.07. The van der Waals surface area contributed by atoms with Crippen molar-refractivity contribution in [1.82, 2.24) is 5.16 Å². The van der Waals surface area contributed by atoms with Gasteiger partial charge in [-0.25, -0.2) is 0 Å². The van der Waals surface area contributed by atoms with Gasteiger partial charge in [0, 0.05) is 5.39 Å². The monoisotopic (exact) mass is 245 g/mol. The number of rotatable bonds is 2. The molecule has 0 amide bonds. The largest absolute Gasteiger partial charge is 0.481 e. The number of carbonyl (C=O) groups is 1. The molecule has 0 radical (unpaired) electrons. The van der Waals surface area contributed by atoms with E-state index in [0.717, 1.165) is 47.9 Å². The molecule has 4 heteroatoms. The molecule has 2 aromatic rings. The number of aryl methyl sites for hydroxylation is 1. The van der Waals surface area contributed by atoms with Gasteiger partial charge in [0.05, 0.1) is 11.1 Å². The number of benzene rings is 1. The minimum absolute atomic E-state index is 0.710. The number of aromatic nitrogens is 1. The zero-order valence-electron chi connectivity index (χ0n) is 10.3. The summed E-state index contributed by atoms with van der Waals surface area (Å²) in [4.78, 5) is 11.6. The summed E-state index contributed by atoms with van der Waals surface area (Å²) in [5.74, 6) is -0.714. The lowest BCUT2D eigenvalue weighted by Gasteiger charge is -2.24. The standard InChI is InChI=1S/C14H15NO3/c1-9-11-8-10(4-5-12(11)18-15-9)14(13(16)17)6-2-3-7-14/h4-5,8H,2-3,6-7H2,1H3,(H,16,17). The fraction of sp³-hybridized carbons (Fsp3) is 0.429. The number of carboxylic acid groups (broad SMARTS) is 1. The van der Waals surface area contributed by atoms with Crippen molar-refractivity contribution in [2.75, 3.05) is 0 Å². The predicted octanol–water partition coefficient (Wildman–Crippen LogP) is 3.03. The van der Waals surface area contributed by atoms with Crippen LogP contribution in [0.25, 0.3) is 11.0 Å². The first-order valence-corrected chi connectivity index (χ1v) is 6.23. The molecule has 1 aliphatic carbocycles. The van der Waals surface area contributed by atoms with E-state index in [9.17, 15) is 9.90 Å². The van der Waals surface area contributed by atoms with Crippen LogP contribution < -0.4 is 0 Å². The molecule has 1 aliphatic rings. The molecule has 1 heterocycles. The number of hydrogen-bond acceptors (Lipinski definition) is 3. The molecule has 4 nitrogen and oxygen atoms in total. The maximum Gasteiger partial charge on any atom is 0.314 e. The number of nitrogens with zero attached hydrogens (tertiary/aromatic N) is 1. The summed E-state index contributed by atoms with van der Waals surface area (Å²) in [7, 11) is 0. The van der Waals surface area contributed by atoms with Gasteiger partial charge in [0.1, 0.15) is 0 Å². The average molecular weight is 245 g/mol. The molecule has 1 aromatic carbocycles. The Morgan fingerprint density at radius 3 is 2.78 bits per heavy atom. The van der Waals surface area contributed by atoms with E-state index in [2.05, 4.69) is 5.16 Å².